The smallest absolute Gasteiger partial charge is 0.478 e. The Morgan fingerprint density at radius 3 is 2.53 bits per heavy atom. The number of carbonyl (C=O) groups is 1. The van der Waals surface area contributed by atoms with Gasteiger partial charge in [0.05, 0.1) is 16.6 Å². The van der Waals surface area contributed by atoms with Crippen LogP contribution in [0.25, 0.3) is 6.08 Å². The van der Waals surface area contributed by atoms with Gasteiger partial charge >= 0.3 is 12.3 Å². The monoisotopic (exact) mass is 277 g/mol. The van der Waals surface area contributed by atoms with E-state index >= 15 is 0 Å². The van der Waals surface area contributed by atoms with Crippen LogP contribution in [0.4, 0.5) is 18.9 Å². The van der Waals surface area contributed by atoms with Crippen molar-refractivity contribution >= 4 is 17.7 Å². The van der Waals surface area contributed by atoms with Gasteiger partial charge in [0, 0.05) is 6.08 Å². The van der Waals surface area contributed by atoms with Gasteiger partial charge in [0.2, 0.25) is 0 Å². The normalized spacial score (nSPS) is 11.5. The van der Waals surface area contributed by atoms with E-state index in [1.807, 2.05) is 0 Å². The van der Waals surface area contributed by atoms with Crippen molar-refractivity contribution in [3.63, 3.8) is 0 Å². The number of carboxylic acid groups (broad SMARTS) is 1. The van der Waals surface area contributed by atoms with Gasteiger partial charge in [-0.15, -0.1) is 13.2 Å². The molecule has 0 heterocycles. The van der Waals surface area contributed by atoms with Gasteiger partial charge in [-0.1, -0.05) is 0 Å². The molecule has 0 aliphatic heterocycles. The number of nitrogens with zero attached hydrogens (tertiary/aromatic N) is 1. The summed E-state index contributed by atoms with van der Waals surface area (Å²) in [6.45, 7) is 0. The Bertz CT molecular complexity index is 538. The van der Waals surface area contributed by atoms with E-state index in [4.69, 9.17) is 5.11 Å². The summed E-state index contributed by atoms with van der Waals surface area (Å²) in [6, 6.07) is 2.37. The van der Waals surface area contributed by atoms with Gasteiger partial charge in [-0.05, 0) is 18.2 Å². The zero-order valence-electron chi connectivity index (χ0n) is 9.05. The van der Waals surface area contributed by atoms with Crippen LogP contribution in [0.5, 0.6) is 5.75 Å². The fourth-order valence-electron chi connectivity index (χ4n) is 1.18. The van der Waals surface area contributed by atoms with Crippen molar-refractivity contribution in [2.45, 2.75) is 6.36 Å². The molecule has 9 heteroatoms. The molecule has 0 bridgehead atoms. The molecule has 0 aliphatic rings. The Hall–Kier alpha value is -2.58. The molecular weight excluding hydrogens is 271 g/mol. The molecule has 0 atom stereocenters. The van der Waals surface area contributed by atoms with E-state index in [9.17, 15) is 28.1 Å². The van der Waals surface area contributed by atoms with Crippen LogP contribution in [0.3, 0.4) is 0 Å². The molecule has 0 saturated heterocycles. The molecule has 1 rings (SSSR count). The maximum Gasteiger partial charge on any atom is 0.573 e. The highest BCUT2D eigenvalue weighted by Crippen LogP contribution is 2.29. The predicted octanol–water partition coefficient (Wildman–Crippen LogP) is 2.59. The average Bonchev–Trinajstić information content (AvgIpc) is 2.24. The van der Waals surface area contributed by atoms with Crippen LogP contribution in [0, 0.1) is 10.1 Å². The lowest BCUT2D eigenvalue weighted by atomic mass is 10.1. The first-order chi connectivity index (χ1) is 8.69. The number of hydrogen-bond acceptors (Lipinski definition) is 4. The van der Waals surface area contributed by atoms with Crippen molar-refractivity contribution in [2.24, 2.45) is 0 Å². The Labute approximate surface area is 103 Å². The molecule has 0 spiro atoms. The number of nitro groups is 1. The number of carboxylic acids is 1. The van der Waals surface area contributed by atoms with Gasteiger partial charge in [0.15, 0.2) is 0 Å². The second kappa shape index (κ2) is 5.38. The molecule has 0 unspecified atom stereocenters. The number of halogens is 3. The van der Waals surface area contributed by atoms with E-state index in [2.05, 4.69) is 4.74 Å². The lowest BCUT2D eigenvalue weighted by molar-refractivity contribution is -0.385. The summed E-state index contributed by atoms with van der Waals surface area (Å²) in [5.74, 6) is -2.10. The number of aliphatic carboxylic acids is 1. The van der Waals surface area contributed by atoms with Gasteiger partial charge < -0.3 is 9.84 Å². The number of rotatable bonds is 4. The molecule has 0 fully saturated rings. The standard InChI is InChI=1S/C10H6F3NO5/c11-10(12,13)19-7-3-1-6(2-4-9(15)16)8(5-7)14(17)18/h1-5H,(H,15,16)/b4-2+. The van der Waals surface area contributed by atoms with Gasteiger partial charge in [0.25, 0.3) is 5.69 Å². The predicted molar refractivity (Wildman–Crippen MR) is 56.4 cm³/mol. The Morgan fingerprint density at radius 1 is 1.42 bits per heavy atom. The molecule has 102 valence electrons. The van der Waals surface area contributed by atoms with Gasteiger partial charge in [-0.3, -0.25) is 10.1 Å². The fourth-order valence-corrected chi connectivity index (χ4v) is 1.18. The zero-order chi connectivity index (χ0) is 14.6. The van der Waals surface area contributed by atoms with E-state index in [0.717, 1.165) is 18.2 Å². The number of benzene rings is 1. The Balaban J connectivity index is 3.15. The molecule has 1 aromatic rings. The summed E-state index contributed by atoms with van der Waals surface area (Å²) < 4.78 is 39.4. The van der Waals surface area contributed by atoms with Crippen LogP contribution in [0.1, 0.15) is 5.56 Å². The fraction of sp³-hybridized carbons (Fsp3) is 0.100. The highest BCUT2D eigenvalue weighted by Gasteiger charge is 2.31. The molecule has 0 aliphatic carbocycles. The first-order valence-corrected chi connectivity index (χ1v) is 4.64. The third kappa shape index (κ3) is 4.66. The second-order valence-electron chi connectivity index (χ2n) is 3.20. The largest absolute Gasteiger partial charge is 0.573 e. The second-order valence-corrected chi connectivity index (χ2v) is 3.20. The summed E-state index contributed by atoms with van der Waals surface area (Å²) in [5, 5.41) is 19.1. The highest BCUT2D eigenvalue weighted by atomic mass is 19.4. The summed E-state index contributed by atoms with van der Waals surface area (Å²) >= 11 is 0. The summed E-state index contributed by atoms with van der Waals surface area (Å²) in [4.78, 5) is 20.0. The van der Waals surface area contributed by atoms with E-state index < -0.39 is 28.7 Å². The van der Waals surface area contributed by atoms with Crippen LogP contribution in [-0.2, 0) is 4.79 Å². The lowest BCUT2D eigenvalue weighted by Crippen LogP contribution is -2.17. The van der Waals surface area contributed by atoms with Crippen LogP contribution in [0.2, 0.25) is 0 Å². The van der Waals surface area contributed by atoms with Crippen molar-refractivity contribution in [1.29, 1.82) is 0 Å². The van der Waals surface area contributed by atoms with Crippen LogP contribution in [0.15, 0.2) is 24.3 Å². The number of nitro benzene ring substituents is 1. The zero-order valence-corrected chi connectivity index (χ0v) is 9.05. The maximum atomic E-state index is 11.9. The van der Waals surface area contributed by atoms with E-state index in [1.165, 1.54) is 0 Å². The third-order valence-electron chi connectivity index (χ3n) is 1.84. The van der Waals surface area contributed by atoms with Crippen molar-refractivity contribution in [1.82, 2.24) is 0 Å². The number of hydrogen-bond donors (Lipinski definition) is 1. The van der Waals surface area contributed by atoms with Crippen molar-refractivity contribution in [3.8, 4) is 5.75 Å². The molecule has 19 heavy (non-hydrogen) atoms. The van der Waals surface area contributed by atoms with Gasteiger partial charge in [-0.2, -0.15) is 0 Å². The van der Waals surface area contributed by atoms with Crippen LogP contribution < -0.4 is 4.74 Å². The Kier molecular flexibility index (Phi) is 4.10. The van der Waals surface area contributed by atoms with E-state index in [-0.39, 0.29) is 5.56 Å². The molecule has 1 N–H and O–H groups in total. The lowest BCUT2D eigenvalue weighted by Gasteiger charge is -2.08. The summed E-state index contributed by atoms with van der Waals surface area (Å²) in [5.41, 5.74) is -0.846. The van der Waals surface area contributed by atoms with Gasteiger partial charge in [-0.25, -0.2) is 4.79 Å². The minimum absolute atomic E-state index is 0.151. The minimum Gasteiger partial charge on any atom is -0.478 e. The Morgan fingerprint density at radius 2 is 2.05 bits per heavy atom. The molecular formula is C10H6F3NO5. The molecule has 0 amide bonds. The first kappa shape index (κ1) is 14.5. The van der Waals surface area contributed by atoms with Crippen molar-refractivity contribution in [2.75, 3.05) is 0 Å². The van der Waals surface area contributed by atoms with Crippen LogP contribution in [-0.4, -0.2) is 22.4 Å². The minimum atomic E-state index is -4.97. The van der Waals surface area contributed by atoms with Crippen LogP contribution >= 0.6 is 0 Å². The van der Waals surface area contributed by atoms with E-state index in [0.29, 0.717) is 12.1 Å². The molecule has 0 saturated carbocycles. The molecule has 6 nitrogen and oxygen atoms in total. The van der Waals surface area contributed by atoms with E-state index in [1.54, 1.807) is 0 Å². The number of alkyl halides is 3. The summed E-state index contributed by atoms with van der Waals surface area (Å²) in [7, 11) is 0. The third-order valence-corrected chi connectivity index (χ3v) is 1.84. The SMILES string of the molecule is O=C(O)/C=C/c1ccc(OC(F)(F)F)cc1[N+](=O)[O-]. The molecule has 0 radical (unpaired) electrons. The first-order valence-electron chi connectivity index (χ1n) is 4.64. The summed E-state index contributed by atoms with van der Waals surface area (Å²) in [6.07, 6.45) is -3.43. The molecule has 1 aromatic carbocycles. The maximum absolute atomic E-state index is 11.9. The highest BCUT2D eigenvalue weighted by molar-refractivity contribution is 5.86. The average molecular weight is 277 g/mol. The molecule has 0 aromatic heterocycles. The van der Waals surface area contributed by atoms with Crippen molar-refractivity contribution < 1.29 is 32.7 Å². The number of ether oxygens (including phenoxy) is 1. The van der Waals surface area contributed by atoms with Crippen molar-refractivity contribution in [3.05, 3.63) is 40.0 Å². The van der Waals surface area contributed by atoms with Gasteiger partial charge in [0.1, 0.15) is 5.75 Å². The quantitative estimate of drug-likeness (QED) is 0.519. The topological polar surface area (TPSA) is 89.7 Å².